The first kappa shape index (κ1) is 21.6. The lowest BCUT2D eigenvalue weighted by Crippen LogP contribution is -2.20. The number of anilines is 2. The van der Waals surface area contributed by atoms with E-state index >= 15 is 0 Å². The zero-order chi connectivity index (χ0) is 21.9. The van der Waals surface area contributed by atoms with Crippen molar-refractivity contribution < 1.29 is 17.9 Å². The highest BCUT2D eigenvalue weighted by Gasteiger charge is 2.16. The lowest BCUT2D eigenvalue weighted by atomic mass is 10.2. The molecule has 0 aliphatic carbocycles. The van der Waals surface area contributed by atoms with E-state index in [0.29, 0.717) is 29.3 Å². The van der Waals surface area contributed by atoms with Crippen LogP contribution in [0, 0.1) is 13.8 Å². The van der Waals surface area contributed by atoms with Crippen molar-refractivity contribution in [1.29, 1.82) is 0 Å². The quantitative estimate of drug-likeness (QED) is 0.567. The highest BCUT2D eigenvalue weighted by atomic mass is 32.2. The number of hydrogen-bond donors (Lipinski definition) is 2. The molecule has 0 bridgehead atoms. The first-order valence-corrected chi connectivity index (χ1v) is 11.2. The predicted molar refractivity (Wildman–Crippen MR) is 116 cm³/mol. The number of hydrogen-bond acceptors (Lipinski definition) is 6. The van der Waals surface area contributed by atoms with E-state index in [1.54, 1.807) is 42.9 Å². The van der Waals surface area contributed by atoms with Gasteiger partial charge in [0.1, 0.15) is 0 Å². The van der Waals surface area contributed by atoms with Gasteiger partial charge in [-0.05, 0) is 56.2 Å². The van der Waals surface area contributed by atoms with Crippen LogP contribution < -0.4 is 14.8 Å². The summed E-state index contributed by atoms with van der Waals surface area (Å²) in [6, 6.07) is 8.36. The number of carbonyl (C=O) groups is 1. The highest BCUT2D eigenvalue weighted by Crippen LogP contribution is 2.27. The van der Waals surface area contributed by atoms with Crippen LogP contribution in [-0.4, -0.2) is 41.4 Å². The Morgan fingerprint density at radius 2 is 1.83 bits per heavy atom. The minimum absolute atomic E-state index is 0.0552. The van der Waals surface area contributed by atoms with Gasteiger partial charge in [-0.2, -0.15) is 0 Å². The maximum absolute atomic E-state index is 12.3. The van der Waals surface area contributed by atoms with Gasteiger partial charge in [0.2, 0.25) is 15.9 Å². The molecule has 2 heterocycles. The SMILES string of the molecule is CCCS(=O)(=O)Nc1ccc(NC(=O)COc2nn(C)c3nc(C)cc(C)c23)cc1. The molecule has 160 valence electrons. The molecule has 3 aromatic rings. The fourth-order valence-corrected chi connectivity index (χ4v) is 4.24. The number of aromatic nitrogens is 3. The third kappa shape index (κ3) is 5.07. The monoisotopic (exact) mass is 431 g/mol. The highest BCUT2D eigenvalue weighted by molar-refractivity contribution is 7.92. The van der Waals surface area contributed by atoms with Crippen LogP contribution in [0.2, 0.25) is 0 Å². The van der Waals surface area contributed by atoms with Crippen LogP contribution in [0.5, 0.6) is 5.88 Å². The molecule has 1 aromatic carbocycles. The van der Waals surface area contributed by atoms with E-state index in [2.05, 4.69) is 20.1 Å². The number of rotatable bonds is 8. The van der Waals surface area contributed by atoms with E-state index in [4.69, 9.17) is 4.74 Å². The Kier molecular flexibility index (Phi) is 6.25. The molecule has 0 saturated heterocycles. The van der Waals surface area contributed by atoms with E-state index in [1.807, 2.05) is 19.9 Å². The van der Waals surface area contributed by atoms with Crippen LogP contribution in [-0.2, 0) is 21.9 Å². The summed E-state index contributed by atoms with van der Waals surface area (Å²) in [4.78, 5) is 16.7. The Morgan fingerprint density at radius 3 is 2.50 bits per heavy atom. The number of fused-ring (bicyclic) bond motifs is 1. The van der Waals surface area contributed by atoms with E-state index in [9.17, 15) is 13.2 Å². The number of ether oxygens (including phenoxy) is 1. The molecule has 0 aliphatic heterocycles. The van der Waals surface area contributed by atoms with E-state index in [-0.39, 0.29) is 18.3 Å². The smallest absolute Gasteiger partial charge is 0.262 e. The number of aryl methyl sites for hydroxylation is 3. The maximum atomic E-state index is 12.3. The van der Waals surface area contributed by atoms with Gasteiger partial charge in [0.25, 0.3) is 5.91 Å². The summed E-state index contributed by atoms with van der Waals surface area (Å²) in [7, 11) is -1.58. The van der Waals surface area contributed by atoms with Crippen LogP contribution in [0.3, 0.4) is 0 Å². The summed E-state index contributed by atoms with van der Waals surface area (Å²) in [5.74, 6) is 0.0544. The molecular formula is C20H25N5O4S. The fraction of sp³-hybridized carbons (Fsp3) is 0.350. The Hall–Kier alpha value is -3.14. The first-order valence-electron chi connectivity index (χ1n) is 9.52. The topological polar surface area (TPSA) is 115 Å². The van der Waals surface area contributed by atoms with Crippen LogP contribution in [0.1, 0.15) is 24.6 Å². The largest absolute Gasteiger partial charge is 0.466 e. The minimum atomic E-state index is -3.35. The number of nitrogens with one attached hydrogen (secondary N) is 2. The van der Waals surface area contributed by atoms with Gasteiger partial charge in [0, 0.05) is 24.1 Å². The second kappa shape index (κ2) is 8.70. The van der Waals surface area contributed by atoms with Crippen molar-refractivity contribution in [3.8, 4) is 5.88 Å². The second-order valence-electron chi connectivity index (χ2n) is 7.04. The number of amides is 1. The molecule has 0 atom stereocenters. The Labute approximate surface area is 175 Å². The molecule has 9 nitrogen and oxygen atoms in total. The van der Waals surface area contributed by atoms with Crippen molar-refractivity contribution in [3.05, 3.63) is 41.6 Å². The zero-order valence-electron chi connectivity index (χ0n) is 17.4. The molecule has 2 N–H and O–H groups in total. The molecule has 0 radical (unpaired) electrons. The van der Waals surface area contributed by atoms with Crippen molar-refractivity contribution >= 4 is 38.3 Å². The molecule has 2 aromatic heterocycles. The average molecular weight is 432 g/mol. The Morgan fingerprint density at radius 1 is 1.17 bits per heavy atom. The molecule has 3 rings (SSSR count). The Balaban J connectivity index is 1.62. The minimum Gasteiger partial charge on any atom is -0.466 e. The molecule has 0 unspecified atom stereocenters. The van der Waals surface area contributed by atoms with Gasteiger partial charge in [-0.15, -0.1) is 5.10 Å². The number of carbonyl (C=O) groups excluding carboxylic acids is 1. The van der Waals surface area contributed by atoms with E-state index < -0.39 is 10.0 Å². The van der Waals surface area contributed by atoms with E-state index in [1.165, 1.54) is 0 Å². The Bertz CT molecular complexity index is 1170. The lowest BCUT2D eigenvalue weighted by Gasteiger charge is -2.09. The molecule has 30 heavy (non-hydrogen) atoms. The van der Waals surface area contributed by atoms with Gasteiger partial charge in [0.05, 0.1) is 11.1 Å². The molecule has 0 fully saturated rings. The zero-order valence-corrected chi connectivity index (χ0v) is 18.2. The number of benzene rings is 1. The van der Waals surface area contributed by atoms with Gasteiger partial charge < -0.3 is 10.1 Å². The molecule has 1 amide bonds. The van der Waals surface area contributed by atoms with Gasteiger partial charge in [-0.25, -0.2) is 18.1 Å². The summed E-state index contributed by atoms with van der Waals surface area (Å²) >= 11 is 0. The van der Waals surface area contributed by atoms with Crippen LogP contribution in [0.25, 0.3) is 11.0 Å². The summed E-state index contributed by atoms with van der Waals surface area (Å²) in [5, 5.41) is 7.81. The summed E-state index contributed by atoms with van der Waals surface area (Å²) in [5.41, 5.74) is 3.52. The third-order valence-corrected chi connectivity index (χ3v) is 5.83. The summed E-state index contributed by atoms with van der Waals surface area (Å²) in [6.45, 7) is 5.44. The third-order valence-electron chi connectivity index (χ3n) is 4.34. The molecule has 0 aliphatic rings. The normalized spacial score (nSPS) is 11.5. The van der Waals surface area contributed by atoms with Gasteiger partial charge >= 0.3 is 0 Å². The summed E-state index contributed by atoms with van der Waals surface area (Å²) < 4.78 is 33.4. The number of sulfonamides is 1. The van der Waals surface area contributed by atoms with Crippen molar-refractivity contribution in [1.82, 2.24) is 14.8 Å². The van der Waals surface area contributed by atoms with Crippen LogP contribution in [0.15, 0.2) is 30.3 Å². The van der Waals surface area contributed by atoms with Crippen molar-refractivity contribution in [2.75, 3.05) is 22.4 Å². The molecule has 10 heteroatoms. The van der Waals surface area contributed by atoms with Crippen molar-refractivity contribution in [3.63, 3.8) is 0 Å². The first-order chi connectivity index (χ1) is 14.2. The van der Waals surface area contributed by atoms with Gasteiger partial charge in [-0.1, -0.05) is 6.92 Å². The fourth-order valence-electron chi connectivity index (χ4n) is 3.10. The van der Waals surface area contributed by atoms with Crippen molar-refractivity contribution in [2.45, 2.75) is 27.2 Å². The van der Waals surface area contributed by atoms with Gasteiger partial charge in [-0.3, -0.25) is 9.52 Å². The maximum Gasteiger partial charge on any atom is 0.262 e. The molecular weight excluding hydrogens is 406 g/mol. The molecule has 0 spiro atoms. The molecule has 0 saturated carbocycles. The van der Waals surface area contributed by atoms with Gasteiger partial charge in [0.15, 0.2) is 12.3 Å². The number of nitrogens with zero attached hydrogens (tertiary/aromatic N) is 3. The predicted octanol–water partition coefficient (Wildman–Crippen LogP) is 2.75. The number of pyridine rings is 1. The van der Waals surface area contributed by atoms with Crippen LogP contribution >= 0.6 is 0 Å². The van der Waals surface area contributed by atoms with Crippen molar-refractivity contribution in [2.24, 2.45) is 7.05 Å². The van der Waals surface area contributed by atoms with E-state index in [0.717, 1.165) is 16.6 Å². The summed E-state index contributed by atoms with van der Waals surface area (Å²) in [6.07, 6.45) is 0.532. The average Bonchev–Trinajstić information content (AvgIpc) is 2.97. The lowest BCUT2D eigenvalue weighted by molar-refractivity contribution is -0.118. The second-order valence-corrected chi connectivity index (χ2v) is 8.88. The standard InChI is InChI=1S/C20H25N5O4S/c1-5-10-30(27,28)24-16-8-6-15(7-9-16)22-17(26)12-29-20-18-13(2)11-14(3)21-19(18)25(4)23-20/h6-9,11,24H,5,10,12H2,1-4H3,(H,22,26). The van der Waals surface area contributed by atoms with Crippen LogP contribution in [0.4, 0.5) is 11.4 Å².